The minimum Gasteiger partial charge on any atom is -0.339 e. The van der Waals surface area contributed by atoms with Gasteiger partial charge in [0.25, 0.3) is 0 Å². The summed E-state index contributed by atoms with van der Waals surface area (Å²) < 4.78 is 1.06. The Morgan fingerprint density at radius 1 is 1.09 bits per heavy atom. The number of likely N-dealkylation sites (tertiary alicyclic amines) is 2. The standard InChI is InChI=1S/C19H25BrN2O/c20-18-6-3-16(4-7-18)5-8-19(23)22-13-9-17(10-14-22)15-21-11-1-2-12-21/h3-8,17H,1-2,9-15H2. The van der Waals surface area contributed by atoms with Gasteiger partial charge >= 0.3 is 0 Å². The van der Waals surface area contributed by atoms with Crippen molar-refractivity contribution in [3.05, 3.63) is 40.4 Å². The van der Waals surface area contributed by atoms with Crippen molar-refractivity contribution in [2.45, 2.75) is 25.7 Å². The molecule has 2 aliphatic heterocycles. The van der Waals surface area contributed by atoms with Crippen LogP contribution in [0.3, 0.4) is 0 Å². The Bertz CT molecular complexity index is 541. The van der Waals surface area contributed by atoms with Gasteiger partial charge in [-0.25, -0.2) is 0 Å². The van der Waals surface area contributed by atoms with Gasteiger partial charge in [0.1, 0.15) is 0 Å². The van der Waals surface area contributed by atoms with Crippen molar-refractivity contribution in [1.29, 1.82) is 0 Å². The molecule has 124 valence electrons. The lowest BCUT2D eigenvalue weighted by molar-refractivity contribution is -0.127. The predicted octanol–water partition coefficient (Wildman–Crippen LogP) is 3.80. The number of carbonyl (C=O) groups is 1. The van der Waals surface area contributed by atoms with Gasteiger partial charge in [0.05, 0.1) is 0 Å². The van der Waals surface area contributed by atoms with Gasteiger partial charge in [0.15, 0.2) is 0 Å². The van der Waals surface area contributed by atoms with Gasteiger partial charge in [-0.2, -0.15) is 0 Å². The van der Waals surface area contributed by atoms with E-state index < -0.39 is 0 Å². The Labute approximate surface area is 147 Å². The van der Waals surface area contributed by atoms with E-state index in [1.54, 1.807) is 6.08 Å². The molecule has 0 spiro atoms. The highest BCUT2D eigenvalue weighted by molar-refractivity contribution is 9.10. The van der Waals surface area contributed by atoms with Crippen molar-refractivity contribution in [2.24, 2.45) is 5.92 Å². The summed E-state index contributed by atoms with van der Waals surface area (Å²) >= 11 is 3.42. The predicted molar refractivity (Wildman–Crippen MR) is 98.2 cm³/mol. The number of hydrogen-bond acceptors (Lipinski definition) is 2. The van der Waals surface area contributed by atoms with E-state index in [0.29, 0.717) is 0 Å². The van der Waals surface area contributed by atoms with Crippen molar-refractivity contribution < 1.29 is 4.79 Å². The number of hydrogen-bond donors (Lipinski definition) is 0. The van der Waals surface area contributed by atoms with Crippen LogP contribution in [0.5, 0.6) is 0 Å². The summed E-state index contributed by atoms with van der Waals surface area (Å²) in [6.45, 7) is 5.59. The van der Waals surface area contributed by atoms with Gasteiger partial charge in [-0.1, -0.05) is 28.1 Å². The topological polar surface area (TPSA) is 23.6 Å². The first-order chi connectivity index (χ1) is 11.2. The summed E-state index contributed by atoms with van der Waals surface area (Å²) in [4.78, 5) is 16.9. The summed E-state index contributed by atoms with van der Waals surface area (Å²) in [5, 5.41) is 0. The molecule has 2 heterocycles. The number of amides is 1. The summed E-state index contributed by atoms with van der Waals surface area (Å²) in [5.41, 5.74) is 1.06. The molecule has 0 atom stereocenters. The first kappa shape index (κ1) is 16.7. The fraction of sp³-hybridized carbons (Fsp3) is 0.526. The van der Waals surface area contributed by atoms with E-state index >= 15 is 0 Å². The third-order valence-electron chi connectivity index (χ3n) is 4.93. The summed E-state index contributed by atoms with van der Waals surface area (Å²) in [7, 11) is 0. The lowest BCUT2D eigenvalue weighted by atomic mass is 9.96. The summed E-state index contributed by atoms with van der Waals surface area (Å²) in [5.74, 6) is 0.917. The molecule has 0 N–H and O–H groups in total. The number of benzene rings is 1. The third-order valence-corrected chi connectivity index (χ3v) is 5.46. The average molecular weight is 377 g/mol. The molecule has 0 unspecified atom stereocenters. The van der Waals surface area contributed by atoms with Crippen molar-refractivity contribution in [1.82, 2.24) is 9.80 Å². The Hall–Kier alpha value is -1.13. The zero-order valence-corrected chi connectivity index (χ0v) is 15.2. The van der Waals surface area contributed by atoms with Crippen molar-refractivity contribution in [3.8, 4) is 0 Å². The van der Waals surface area contributed by atoms with E-state index in [1.165, 1.54) is 32.5 Å². The molecule has 0 radical (unpaired) electrons. The van der Waals surface area contributed by atoms with Gasteiger partial charge in [-0.3, -0.25) is 4.79 Å². The molecule has 2 saturated heterocycles. The van der Waals surface area contributed by atoms with Crippen LogP contribution in [0.4, 0.5) is 0 Å². The van der Waals surface area contributed by atoms with Gasteiger partial charge in [0.2, 0.25) is 5.91 Å². The van der Waals surface area contributed by atoms with Crippen LogP contribution >= 0.6 is 15.9 Å². The Balaban J connectivity index is 1.45. The molecule has 0 saturated carbocycles. The molecule has 0 bridgehead atoms. The van der Waals surface area contributed by atoms with E-state index in [0.717, 1.165) is 41.9 Å². The number of halogens is 1. The molecular formula is C19H25BrN2O. The Morgan fingerprint density at radius 2 is 1.74 bits per heavy atom. The van der Waals surface area contributed by atoms with Crippen LogP contribution in [-0.2, 0) is 4.79 Å². The first-order valence-electron chi connectivity index (χ1n) is 8.65. The molecule has 2 fully saturated rings. The number of piperidine rings is 1. The second kappa shape index (κ2) is 8.11. The SMILES string of the molecule is O=C(C=Cc1ccc(Br)cc1)N1CCC(CN2CCCC2)CC1. The molecule has 1 aromatic carbocycles. The molecule has 23 heavy (non-hydrogen) atoms. The van der Waals surface area contributed by atoms with Gasteiger partial charge in [-0.05, 0) is 68.5 Å². The van der Waals surface area contributed by atoms with Crippen molar-refractivity contribution >= 4 is 27.9 Å². The molecule has 0 aromatic heterocycles. The molecule has 1 aromatic rings. The van der Waals surface area contributed by atoms with Crippen molar-refractivity contribution in [3.63, 3.8) is 0 Å². The lowest BCUT2D eigenvalue weighted by Gasteiger charge is -2.33. The van der Waals surface area contributed by atoms with Gasteiger partial charge < -0.3 is 9.80 Å². The van der Waals surface area contributed by atoms with Crippen molar-refractivity contribution in [2.75, 3.05) is 32.7 Å². The van der Waals surface area contributed by atoms with E-state index in [4.69, 9.17) is 0 Å². The Morgan fingerprint density at radius 3 is 2.39 bits per heavy atom. The second-order valence-corrected chi connectivity index (χ2v) is 7.58. The molecule has 1 amide bonds. The zero-order chi connectivity index (χ0) is 16.1. The molecule has 4 heteroatoms. The van der Waals surface area contributed by atoms with E-state index in [-0.39, 0.29) is 5.91 Å². The fourth-order valence-corrected chi connectivity index (χ4v) is 3.78. The minimum absolute atomic E-state index is 0.146. The second-order valence-electron chi connectivity index (χ2n) is 6.66. The maximum atomic E-state index is 12.3. The molecule has 0 aliphatic carbocycles. The molecular weight excluding hydrogens is 352 g/mol. The first-order valence-corrected chi connectivity index (χ1v) is 9.45. The third kappa shape index (κ3) is 4.92. The molecule has 3 nitrogen and oxygen atoms in total. The van der Waals surface area contributed by atoms with Crippen LogP contribution in [0.1, 0.15) is 31.2 Å². The average Bonchev–Trinajstić information content (AvgIpc) is 3.08. The minimum atomic E-state index is 0.146. The van der Waals surface area contributed by atoms with E-state index in [9.17, 15) is 4.79 Å². The fourth-order valence-electron chi connectivity index (χ4n) is 3.51. The van der Waals surface area contributed by atoms with Gasteiger partial charge in [0, 0.05) is 30.2 Å². The van der Waals surface area contributed by atoms with Crippen LogP contribution in [0, 0.1) is 5.92 Å². The quantitative estimate of drug-likeness (QED) is 0.746. The van der Waals surface area contributed by atoms with Gasteiger partial charge in [-0.15, -0.1) is 0 Å². The van der Waals surface area contributed by atoms with Crippen LogP contribution in [-0.4, -0.2) is 48.4 Å². The maximum absolute atomic E-state index is 12.3. The number of rotatable bonds is 4. The largest absolute Gasteiger partial charge is 0.339 e. The van der Waals surface area contributed by atoms with Crippen LogP contribution in [0.15, 0.2) is 34.8 Å². The molecule has 3 rings (SSSR count). The highest BCUT2D eigenvalue weighted by atomic mass is 79.9. The van der Waals surface area contributed by atoms with Crippen LogP contribution in [0.2, 0.25) is 0 Å². The normalized spacial score (nSPS) is 20.5. The highest BCUT2D eigenvalue weighted by Gasteiger charge is 2.24. The van der Waals surface area contributed by atoms with Crippen LogP contribution in [0.25, 0.3) is 6.08 Å². The number of carbonyl (C=O) groups excluding carboxylic acids is 1. The monoisotopic (exact) mass is 376 g/mol. The summed E-state index contributed by atoms with van der Waals surface area (Å²) in [6.07, 6.45) is 8.63. The smallest absolute Gasteiger partial charge is 0.246 e. The van der Waals surface area contributed by atoms with E-state index in [1.807, 2.05) is 35.2 Å². The van der Waals surface area contributed by atoms with E-state index in [2.05, 4.69) is 20.8 Å². The Kier molecular flexibility index (Phi) is 5.90. The zero-order valence-electron chi connectivity index (χ0n) is 13.6. The lowest BCUT2D eigenvalue weighted by Crippen LogP contribution is -2.40. The highest BCUT2D eigenvalue weighted by Crippen LogP contribution is 2.21. The molecule has 2 aliphatic rings. The summed E-state index contributed by atoms with van der Waals surface area (Å²) in [6, 6.07) is 8.01. The maximum Gasteiger partial charge on any atom is 0.246 e. The number of nitrogens with zero attached hydrogens (tertiary/aromatic N) is 2. The van der Waals surface area contributed by atoms with Crippen LogP contribution < -0.4 is 0 Å².